The summed E-state index contributed by atoms with van der Waals surface area (Å²) in [5, 5.41) is 0.321. The average Bonchev–Trinajstić information content (AvgIpc) is 2.85. The monoisotopic (exact) mass is 277 g/mol. The van der Waals surface area contributed by atoms with E-state index in [1.54, 1.807) is 0 Å². The van der Waals surface area contributed by atoms with E-state index >= 15 is 0 Å². The lowest BCUT2D eigenvalue weighted by Crippen LogP contribution is -2.12. The molecule has 0 atom stereocenters. The average molecular weight is 278 g/mol. The molecule has 1 aromatic carbocycles. The van der Waals surface area contributed by atoms with Gasteiger partial charge < -0.3 is 4.90 Å². The zero-order valence-electron chi connectivity index (χ0n) is 9.41. The van der Waals surface area contributed by atoms with Gasteiger partial charge in [0.1, 0.15) is 0 Å². The Morgan fingerprint density at radius 1 is 1.06 bits per heavy atom. The highest BCUT2D eigenvalue weighted by molar-refractivity contribution is 6.99. The van der Waals surface area contributed by atoms with E-state index < -0.39 is 0 Å². The molecule has 0 amide bonds. The highest BCUT2D eigenvalue weighted by atomic mass is 35.5. The number of hydrogen-bond donors (Lipinski definition) is 0. The first kappa shape index (κ1) is 11.3. The molecule has 3 aromatic rings. The van der Waals surface area contributed by atoms with Crippen LogP contribution in [0.5, 0.6) is 0 Å². The third kappa shape index (κ3) is 1.89. The summed E-state index contributed by atoms with van der Waals surface area (Å²) in [4.78, 5) is 10.4. The minimum Gasteiger partial charge on any atom is -0.327 e. The second kappa shape index (κ2) is 4.47. The SMILES string of the molecule is CN(c1ccccc1)c1nc2nsnc2nc1Cl. The standard InChI is InChI=1S/C11H8ClN5S/c1-17(7-5-3-2-4-6-7)11-8(12)13-9-10(14-11)16-18-15-9/h2-6H,1H3. The van der Waals surface area contributed by atoms with Gasteiger partial charge in [0.15, 0.2) is 11.0 Å². The Hall–Kier alpha value is -1.79. The number of fused-ring (bicyclic) bond motifs is 1. The van der Waals surface area contributed by atoms with Crippen LogP contribution in [0.4, 0.5) is 11.5 Å². The Balaban J connectivity index is 2.10. The second-order valence-corrected chi connectivity index (χ2v) is 4.53. The smallest absolute Gasteiger partial charge is 0.214 e. The highest BCUT2D eigenvalue weighted by Crippen LogP contribution is 2.28. The number of para-hydroxylation sites is 1. The van der Waals surface area contributed by atoms with Crippen LogP contribution >= 0.6 is 23.3 Å². The van der Waals surface area contributed by atoms with Crippen molar-refractivity contribution in [1.82, 2.24) is 18.7 Å². The zero-order chi connectivity index (χ0) is 12.5. The van der Waals surface area contributed by atoms with Crippen molar-refractivity contribution in [3.05, 3.63) is 35.5 Å². The van der Waals surface area contributed by atoms with Crippen LogP contribution in [0.25, 0.3) is 11.3 Å². The number of aromatic nitrogens is 4. The molecular weight excluding hydrogens is 270 g/mol. The Labute approximate surface area is 112 Å². The number of halogens is 1. The molecule has 0 saturated heterocycles. The predicted molar refractivity (Wildman–Crippen MR) is 72.5 cm³/mol. The Bertz CT molecular complexity index is 684. The maximum Gasteiger partial charge on any atom is 0.214 e. The topological polar surface area (TPSA) is 54.8 Å². The molecule has 18 heavy (non-hydrogen) atoms. The lowest BCUT2D eigenvalue weighted by Gasteiger charge is -2.18. The minimum absolute atomic E-state index is 0.321. The Kier molecular flexibility index (Phi) is 2.81. The predicted octanol–water partition coefficient (Wildman–Crippen LogP) is 2.90. The number of hydrogen-bond acceptors (Lipinski definition) is 6. The summed E-state index contributed by atoms with van der Waals surface area (Å²) in [5.74, 6) is 0.572. The molecule has 0 saturated carbocycles. The van der Waals surface area contributed by atoms with E-state index in [0.717, 1.165) is 17.4 Å². The molecule has 3 rings (SSSR count). The molecule has 0 unspecified atom stereocenters. The maximum absolute atomic E-state index is 6.13. The summed E-state index contributed by atoms with van der Waals surface area (Å²) >= 11 is 7.20. The number of benzene rings is 1. The van der Waals surface area contributed by atoms with Crippen molar-refractivity contribution >= 4 is 46.1 Å². The molecule has 2 heterocycles. The fourth-order valence-corrected chi connectivity index (χ4v) is 2.29. The number of anilines is 2. The second-order valence-electron chi connectivity index (χ2n) is 3.64. The van der Waals surface area contributed by atoms with E-state index in [4.69, 9.17) is 11.6 Å². The molecule has 90 valence electrons. The van der Waals surface area contributed by atoms with Crippen molar-refractivity contribution in [2.45, 2.75) is 0 Å². The summed E-state index contributed by atoms with van der Waals surface area (Å²) in [6.07, 6.45) is 0. The first-order valence-electron chi connectivity index (χ1n) is 5.20. The lowest BCUT2D eigenvalue weighted by molar-refractivity contribution is 1.11. The van der Waals surface area contributed by atoms with Gasteiger partial charge >= 0.3 is 0 Å². The highest BCUT2D eigenvalue weighted by Gasteiger charge is 2.14. The fraction of sp³-hybridized carbons (Fsp3) is 0.0909. The van der Waals surface area contributed by atoms with Gasteiger partial charge in [-0.3, -0.25) is 0 Å². The van der Waals surface area contributed by atoms with Crippen LogP contribution in [-0.2, 0) is 0 Å². The summed E-state index contributed by atoms with van der Waals surface area (Å²) in [7, 11) is 1.89. The van der Waals surface area contributed by atoms with Gasteiger partial charge in [0.25, 0.3) is 0 Å². The van der Waals surface area contributed by atoms with Gasteiger partial charge in [0, 0.05) is 12.7 Å². The van der Waals surface area contributed by atoms with Crippen LogP contribution < -0.4 is 4.90 Å². The molecule has 0 bridgehead atoms. The van der Waals surface area contributed by atoms with E-state index in [0.29, 0.717) is 22.3 Å². The van der Waals surface area contributed by atoms with Gasteiger partial charge in [-0.1, -0.05) is 29.8 Å². The lowest BCUT2D eigenvalue weighted by atomic mass is 10.3. The van der Waals surface area contributed by atoms with Gasteiger partial charge in [0.2, 0.25) is 11.3 Å². The van der Waals surface area contributed by atoms with Crippen LogP contribution in [0.15, 0.2) is 30.3 Å². The molecule has 0 spiro atoms. The maximum atomic E-state index is 6.13. The largest absolute Gasteiger partial charge is 0.327 e. The van der Waals surface area contributed by atoms with Gasteiger partial charge in [-0.2, -0.15) is 8.75 Å². The van der Waals surface area contributed by atoms with Gasteiger partial charge in [-0.05, 0) is 12.1 Å². The molecule has 0 radical (unpaired) electrons. The molecular formula is C11H8ClN5S. The number of rotatable bonds is 2. The molecule has 7 heteroatoms. The van der Waals surface area contributed by atoms with Crippen molar-refractivity contribution < 1.29 is 0 Å². The molecule has 0 aliphatic carbocycles. The molecule has 2 aromatic heterocycles. The van der Waals surface area contributed by atoms with Crippen molar-refractivity contribution in [1.29, 1.82) is 0 Å². The summed E-state index contributed by atoms with van der Waals surface area (Å²) in [6, 6.07) is 9.81. The Morgan fingerprint density at radius 2 is 1.72 bits per heavy atom. The van der Waals surface area contributed by atoms with E-state index in [2.05, 4.69) is 18.7 Å². The quantitative estimate of drug-likeness (QED) is 0.721. The molecule has 5 nitrogen and oxygen atoms in total. The van der Waals surface area contributed by atoms with Crippen molar-refractivity contribution in [2.24, 2.45) is 0 Å². The van der Waals surface area contributed by atoms with E-state index in [9.17, 15) is 0 Å². The summed E-state index contributed by atoms with van der Waals surface area (Å²) in [5.41, 5.74) is 1.98. The van der Waals surface area contributed by atoms with Crippen molar-refractivity contribution in [2.75, 3.05) is 11.9 Å². The van der Waals surface area contributed by atoms with Crippen molar-refractivity contribution in [3.63, 3.8) is 0 Å². The van der Waals surface area contributed by atoms with Crippen molar-refractivity contribution in [3.8, 4) is 0 Å². The zero-order valence-corrected chi connectivity index (χ0v) is 11.0. The normalized spacial score (nSPS) is 10.8. The third-order valence-electron chi connectivity index (χ3n) is 2.52. The summed E-state index contributed by atoms with van der Waals surface area (Å²) in [6.45, 7) is 0. The van der Waals surface area contributed by atoms with Gasteiger partial charge in [0.05, 0.1) is 11.7 Å². The van der Waals surface area contributed by atoms with Crippen LogP contribution in [0.2, 0.25) is 5.15 Å². The fourth-order valence-electron chi connectivity index (χ4n) is 1.60. The molecule has 0 N–H and O–H groups in total. The molecule has 0 aliphatic heterocycles. The summed E-state index contributed by atoms with van der Waals surface area (Å²) < 4.78 is 8.07. The third-order valence-corrected chi connectivity index (χ3v) is 3.28. The van der Waals surface area contributed by atoms with Crippen LogP contribution in [0.1, 0.15) is 0 Å². The van der Waals surface area contributed by atoms with E-state index in [1.807, 2.05) is 42.3 Å². The van der Waals surface area contributed by atoms with Crippen LogP contribution in [0.3, 0.4) is 0 Å². The van der Waals surface area contributed by atoms with Crippen LogP contribution in [0, 0.1) is 0 Å². The van der Waals surface area contributed by atoms with Gasteiger partial charge in [-0.25, -0.2) is 9.97 Å². The van der Waals surface area contributed by atoms with E-state index in [1.165, 1.54) is 0 Å². The Morgan fingerprint density at radius 3 is 2.44 bits per heavy atom. The molecule has 0 fully saturated rings. The van der Waals surface area contributed by atoms with Gasteiger partial charge in [-0.15, -0.1) is 0 Å². The van der Waals surface area contributed by atoms with Crippen LogP contribution in [-0.4, -0.2) is 25.8 Å². The molecule has 0 aliphatic rings. The first-order chi connectivity index (χ1) is 8.75. The minimum atomic E-state index is 0.321. The first-order valence-corrected chi connectivity index (χ1v) is 6.31. The van der Waals surface area contributed by atoms with E-state index in [-0.39, 0.29) is 0 Å². The number of nitrogens with zero attached hydrogens (tertiary/aromatic N) is 5.